The van der Waals surface area contributed by atoms with Crippen LogP contribution in [0.1, 0.15) is 20.3 Å². The topological polar surface area (TPSA) is 105 Å². The highest BCUT2D eigenvalue weighted by molar-refractivity contribution is 7.89. The van der Waals surface area contributed by atoms with Crippen LogP contribution in [0.15, 0.2) is 57.7 Å². The molecule has 40 heavy (non-hydrogen) atoms. The molecular weight excluding hydrogens is 550 g/mol. The van der Waals surface area contributed by atoms with Gasteiger partial charge in [0.05, 0.1) is 35.2 Å². The van der Waals surface area contributed by atoms with E-state index < -0.39 is 10.0 Å². The lowest BCUT2D eigenvalue weighted by molar-refractivity contribution is -0.118. The molecular formula is C28H35N5O5S2. The first-order chi connectivity index (χ1) is 19.4. The lowest BCUT2D eigenvalue weighted by Gasteiger charge is -2.26. The number of carbonyl (C=O) groups excluding carboxylic acids is 1. The SMILES string of the molecule is CCN(CC)CCCn1c(-c2ccc3c(c2)NC(=O)CO3)csc1=Nc1ccc(S(=O)(=O)N2CCOCC2)cc1. The normalized spacial score (nSPS) is 16.6. The van der Waals surface area contributed by atoms with E-state index in [2.05, 4.69) is 34.0 Å². The fourth-order valence-electron chi connectivity index (χ4n) is 4.84. The summed E-state index contributed by atoms with van der Waals surface area (Å²) in [5.41, 5.74) is 3.29. The van der Waals surface area contributed by atoms with Crippen LogP contribution in [0.4, 0.5) is 11.4 Å². The molecule has 10 nitrogen and oxygen atoms in total. The number of thiazole rings is 1. The molecule has 1 amide bonds. The summed E-state index contributed by atoms with van der Waals surface area (Å²) < 4.78 is 40.5. The first kappa shape index (κ1) is 28.5. The molecule has 0 spiro atoms. The lowest BCUT2D eigenvalue weighted by Crippen LogP contribution is -2.40. The van der Waals surface area contributed by atoms with E-state index in [-0.39, 0.29) is 17.4 Å². The van der Waals surface area contributed by atoms with Gasteiger partial charge in [-0.15, -0.1) is 11.3 Å². The Bertz CT molecular complexity index is 1500. The number of rotatable bonds is 10. The van der Waals surface area contributed by atoms with Crippen LogP contribution >= 0.6 is 11.3 Å². The van der Waals surface area contributed by atoms with Crippen molar-refractivity contribution in [2.24, 2.45) is 4.99 Å². The number of amides is 1. The molecule has 5 rings (SSSR count). The molecule has 1 fully saturated rings. The molecule has 1 aromatic heterocycles. The Kier molecular flexibility index (Phi) is 9.01. The second-order valence-corrected chi connectivity index (χ2v) is 12.4. The van der Waals surface area contributed by atoms with Gasteiger partial charge in [-0.2, -0.15) is 4.31 Å². The van der Waals surface area contributed by atoms with Gasteiger partial charge in [0.2, 0.25) is 10.0 Å². The maximum atomic E-state index is 13.0. The molecule has 12 heteroatoms. The fraction of sp³-hybridized carbons (Fsp3) is 0.429. The number of nitrogens with one attached hydrogen (secondary N) is 1. The third kappa shape index (κ3) is 6.31. The van der Waals surface area contributed by atoms with E-state index in [1.807, 2.05) is 18.2 Å². The zero-order chi connectivity index (χ0) is 28.1. The zero-order valence-electron chi connectivity index (χ0n) is 22.8. The number of fused-ring (bicyclic) bond motifs is 1. The van der Waals surface area contributed by atoms with Crippen molar-refractivity contribution in [1.82, 2.24) is 13.8 Å². The average molecular weight is 586 g/mol. The number of anilines is 1. The van der Waals surface area contributed by atoms with Crippen molar-refractivity contribution in [3.05, 3.63) is 52.6 Å². The van der Waals surface area contributed by atoms with Crippen molar-refractivity contribution in [2.45, 2.75) is 31.7 Å². The van der Waals surface area contributed by atoms with Gasteiger partial charge in [0.25, 0.3) is 5.91 Å². The molecule has 0 atom stereocenters. The summed E-state index contributed by atoms with van der Waals surface area (Å²) >= 11 is 1.53. The number of ether oxygens (including phenoxy) is 2. The summed E-state index contributed by atoms with van der Waals surface area (Å²) in [4.78, 5) is 20.2. The number of aromatic nitrogens is 1. The summed E-state index contributed by atoms with van der Waals surface area (Å²) in [7, 11) is -3.56. The largest absolute Gasteiger partial charge is 0.482 e. The van der Waals surface area contributed by atoms with Gasteiger partial charge in [-0.3, -0.25) is 4.79 Å². The van der Waals surface area contributed by atoms with E-state index in [9.17, 15) is 13.2 Å². The minimum Gasteiger partial charge on any atom is -0.482 e. The molecule has 2 aliphatic rings. The molecule has 214 valence electrons. The maximum Gasteiger partial charge on any atom is 0.262 e. The number of hydrogen-bond donors (Lipinski definition) is 1. The van der Waals surface area contributed by atoms with Crippen LogP contribution in [0.2, 0.25) is 0 Å². The van der Waals surface area contributed by atoms with Gasteiger partial charge in [-0.25, -0.2) is 13.4 Å². The van der Waals surface area contributed by atoms with Crippen molar-refractivity contribution >= 4 is 38.6 Å². The summed E-state index contributed by atoms with van der Waals surface area (Å²) in [6.45, 7) is 9.62. The van der Waals surface area contributed by atoms with E-state index >= 15 is 0 Å². The molecule has 1 N–H and O–H groups in total. The van der Waals surface area contributed by atoms with E-state index in [4.69, 9.17) is 14.5 Å². The average Bonchev–Trinajstić information content (AvgIpc) is 3.37. The van der Waals surface area contributed by atoms with Crippen LogP contribution in [0.3, 0.4) is 0 Å². The van der Waals surface area contributed by atoms with E-state index in [0.717, 1.165) is 48.7 Å². The highest BCUT2D eigenvalue weighted by atomic mass is 32.2. The number of sulfonamides is 1. The van der Waals surface area contributed by atoms with Crippen LogP contribution in [0.5, 0.6) is 5.75 Å². The smallest absolute Gasteiger partial charge is 0.262 e. The Morgan fingerprint density at radius 3 is 2.55 bits per heavy atom. The minimum atomic E-state index is -3.56. The third-order valence-electron chi connectivity index (χ3n) is 7.13. The monoisotopic (exact) mass is 585 g/mol. The minimum absolute atomic E-state index is 0.0196. The molecule has 3 heterocycles. The Morgan fingerprint density at radius 1 is 1.07 bits per heavy atom. The van der Waals surface area contributed by atoms with Crippen LogP contribution in [-0.4, -0.2) is 80.6 Å². The van der Waals surface area contributed by atoms with Crippen LogP contribution in [-0.2, 0) is 26.1 Å². The number of hydrogen-bond acceptors (Lipinski definition) is 8. The van der Waals surface area contributed by atoms with Gasteiger partial charge in [-0.1, -0.05) is 13.8 Å². The first-order valence-corrected chi connectivity index (χ1v) is 15.9. The molecule has 3 aromatic rings. The summed E-state index contributed by atoms with van der Waals surface area (Å²) in [6, 6.07) is 12.5. The van der Waals surface area contributed by atoms with Gasteiger partial charge in [0.15, 0.2) is 11.4 Å². The molecule has 0 aliphatic carbocycles. The second kappa shape index (κ2) is 12.6. The molecule has 0 unspecified atom stereocenters. The molecule has 0 saturated carbocycles. The summed E-state index contributed by atoms with van der Waals surface area (Å²) in [5.74, 6) is 0.487. The maximum absolute atomic E-state index is 13.0. The Labute approximate surface area is 238 Å². The molecule has 0 radical (unpaired) electrons. The summed E-state index contributed by atoms with van der Waals surface area (Å²) in [5, 5.41) is 4.96. The standard InChI is InChI=1S/C28H35N5O5S2/c1-3-31(4-2)12-5-13-33-25(21-6-11-26-24(18-21)30-27(34)19-38-26)20-39-28(33)29-22-7-9-23(10-8-22)40(35,36)32-14-16-37-17-15-32/h6-11,18,20H,3-5,12-17,19H2,1-2H3,(H,30,34). The summed E-state index contributed by atoms with van der Waals surface area (Å²) in [6.07, 6.45) is 0.945. The Hall–Kier alpha value is -3.03. The highest BCUT2D eigenvalue weighted by Gasteiger charge is 2.26. The zero-order valence-corrected chi connectivity index (χ0v) is 24.5. The molecule has 1 saturated heterocycles. The van der Waals surface area contributed by atoms with Gasteiger partial charge in [0, 0.05) is 30.6 Å². The van der Waals surface area contributed by atoms with Crippen molar-refractivity contribution in [3.8, 4) is 17.0 Å². The van der Waals surface area contributed by atoms with Crippen LogP contribution in [0, 0.1) is 0 Å². The number of benzene rings is 2. The van der Waals surface area contributed by atoms with Crippen LogP contribution in [0.25, 0.3) is 11.3 Å². The predicted octanol–water partition coefficient (Wildman–Crippen LogP) is 3.53. The lowest BCUT2D eigenvalue weighted by atomic mass is 10.1. The molecule has 2 aromatic carbocycles. The first-order valence-electron chi connectivity index (χ1n) is 13.6. The van der Waals surface area contributed by atoms with E-state index in [0.29, 0.717) is 43.4 Å². The van der Waals surface area contributed by atoms with Gasteiger partial charge >= 0.3 is 0 Å². The third-order valence-corrected chi connectivity index (χ3v) is 9.90. The van der Waals surface area contributed by atoms with Crippen molar-refractivity contribution < 1.29 is 22.7 Å². The van der Waals surface area contributed by atoms with E-state index in [1.54, 1.807) is 24.3 Å². The predicted molar refractivity (Wildman–Crippen MR) is 156 cm³/mol. The second-order valence-electron chi connectivity index (χ2n) is 9.61. The Morgan fingerprint density at radius 2 is 1.82 bits per heavy atom. The quantitative estimate of drug-likeness (QED) is 0.390. The molecule has 2 aliphatic heterocycles. The van der Waals surface area contributed by atoms with Gasteiger partial charge in [-0.05, 0) is 68.5 Å². The molecule has 0 bridgehead atoms. The van der Waals surface area contributed by atoms with Crippen molar-refractivity contribution in [3.63, 3.8) is 0 Å². The fourth-order valence-corrected chi connectivity index (χ4v) is 7.20. The van der Waals surface area contributed by atoms with E-state index in [1.165, 1.54) is 15.6 Å². The Balaban J connectivity index is 1.46. The van der Waals surface area contributed by atoms with Crippen LogP contribution < -0.4 is 14.9 Å². The van der Waals surface area contributed by atoms with Crippen molar-refractivity contribution in [1.29, 1.82) is 0 Å². The highest BCUT2D eigenvalue weighted by Crippen LogP contribution is 2.33. The number of morpholine rings is 1. The number of carbonyl (C=O) groups is 1. The van der Waals surface area contributed by atoms with Gasteiger partial charge in [0.1, 0.15) is 5.75 Å². The van der Waals surface area contributed by atoms with Gasteiger partial charge < -0.3 is 24.3 Å². The number of nitrogens with zero attached hydrogens (tertiary/aromatic N) is 4. The van der Waals surface area contributed by atoms with Crippen molar-refractivity contribution in [2.75, 3.05) is 57.9 Å².